The Morgan fingerprint density at radius 1 is 1.45 bits per heavy atom. The zero-order valence-corrected chi connectivity index (χ0v) is 13.4. The highest BCUT2D eigenvalue weighted by Crippen LogP contribution is 2.27. The summed E-state index contributed by atoms with van der Waals surface area (Å²) in [6.07, 6.45) is 3.41. The van der Waals surface area contributed by atoms with Crippen LogP contribution in [0.3, 0.4) is 0 Å². The molecule has 0 aliphatic carbocycles. The van der Waals surface area contributed by atoms with Crippen molar-refractivity contribution >= 4 is 28.0 Å². The molecule has 0 amide bonds. The van der Waals surface area contributed by atoms with E-state index in [4.69, 9.17) is 14.6 Å². The van der Waals surface area contributed by atoms with Gasteiger partial charge in [0, 0.05) is 19.6 Å². The van der Waals surface area contributed by atoms with Crippen molar-refractivity contribution in [1.29, 1.82) is 0 Å². The Morgan fingerprint density at radius 2 is 2.15 bits per heavy atom. The van der Waals surface area contributed by atoms with Gasteiger partial charge in [-0.15, -0.1) is 0 Å². The Kier molecular flexibility index (Phi) is 6.23. The lowest BCUT2D eigenvalue weighted by Gasteiger charge is -2.22. The number of hydrogen-bond acceptors (Lipinski definition) is 3. The third-order valence-corrected chi connectivity index (χ3v) is 3.51. The molecule has 110 valence electrons. The molecule has 1 aromatic rings. The van der Waals surface area contributed by atoms with Crippen LogP contribution in [0.5, 0.6) is 5.75 Å². The molecule has 1 aromatic carbocycles. The Morgan fingerprint density at radius 3 is 2.70 bits per heavy atom. The zero-order valence-electron chi connectivity index (χ0n) is 11.9. The number of rotatable bonds is 7. The van der Waals surface area contributed by atoms with Crippen molar-refractivity contribution in [3.05, 3.63) is 34.3 Å². The van der Waals surface area contributed by atoms with E-state index in [1.165, 1.54) is 6.08 Å². The van der Waals surface area contributed by atoms with Gasteiger partial charge in [-0.3, -0.25) is 0 Å². The number of aliphatic carboxylic acids is 1. The summed E-state index contributed by atoms with van der Waals surface area (Å²) in [5, 5.41) is 8.58. The van der Waals surface area contributed by atoms with Crippen LogP contribution in [0.2, 0.25) is 0 Å². The largest absolute Gasteiger partial charge is 0.492 e. The molecule has 0 aromatic heterocycles. The van der Waals surface area contributed by atoms with Crippen LogP contribution in [0.4, 0.5) is 0 Å². The minimum Gasteiger partial charge on any atom is -0.492 e. The normalized spacial score (nSPS) is 11.8. The molecule has 0 aliphatic rings. The van der Waals surface area contributed by atoms with E-state index in [-0.39, 0.29) is 5.60 Å². The van der Waals surface area contributed by atoms with E-state index in [2.05, 4.69) is 15.9 Å². The lowest BCUT2D eigenvalue weighted by molar-refractivity contribution is -0.131. The van der Waals surface area contributed by atoms with Gasteiger partial charge >= 0.3 is 5.97 Å². The summed E-state index contributed by atoms with van der Waals surface area (Å²) < 4.78 is 11.8. The molecule has 0 unspecified atom stereocenters. The summed E-state index contributed by atoms with van der Waals surface area (Å²) in [5.74, 6) is -0.243. The molecule has 0 saturated heterocycles. The number of methoxy groups -OCH3 is 1. The number of carboxylic acids is 1. The highest BCUT2D eigenvalue weighted by molar-refractivity contribution is 9.10. The topological polar surface area (TPSA) is 55.8 Å². The van der Waals surface area contributed by atoms with Gasteiger partial charge in [-0.1, -0.05) is 6.07 Å². The number of carboxylic acid groups (broad SMARTS) is 1. The van der Waals surface area contributed by atoms with E-state index in [0.717, 1.165) is 28.3 Å². The zero-order chi connectivity index (χ0) is 15.2. The maximum Gasteiger partial charge on any atom is 0.328 e. The summed E-state index contributed by atoms with van der Waals surface area (Å²) in [5.41, 5.74) is 0.584. The predicted octanol–water partition coefficient (Wildman–Crippen LogP) is 3.74. The third kappa shape index (κ3) is 5.75. The van der Waals surface area contributed by atoms with Crippen molar-refractivity contribution in [3.63, 3.8) is 0 Å². The maximum absolute atomic E-state index is 10.5. The predicted molar refractivity (Wildman–Crippen MR) is 82.0 cm³/mol. The van der Waals surface area contributed by atoms with E-state index >= 15 is 0 Å². The van der Waals surface area contributed by atoms with Crippen molar-refractivity contribution in [3.8, 4) is 5.75 Å². The molecule has 20 heavy (non-hydrogen) atoms. The summed E-state index contributed by atoms with van der Waals surface area (Å²) >= 11 is 3.41. The summed E-state index contributed by atoms with van der Waals surface area (Å²) in [6, 6.07) is 5.43. The van der Waals surface area contributed by atoms with Crippen LogP contribution >= 0.6 is 15.9 Å². The second-order valence-electron chi connectivity index (χ2n) is 4.92. The lowest BCUT2D eigenvalue weighted by Crippen LogP contribution is -2.25. The average molecular weight is 343 g/mol. The van der Waals surface area contributed by atoms with Crippen molar-refractivity contribution < 1.29 is 19.4 Å². The van der Waals surface area contributed by atoms with Gasteiger partial charge in [0.15, 0.2) is 0 Å². The molecule has 1 N–H and O–H groups in total. The van der Waals surface area contributed by atoms with Gasteiger partial charge in [-0.2, -0.15) is 0 Å². The molecule has 1 rings (SSSR count). The Labute approximate surface area is 127 Å². The first kappa shape index (κ1) is 16.7. The van der Waals surface area contributed by atoms with E-state index in [1.54, 1.807) is 13.2 Å². The third-order valence-electron chi connectivity index (χ3n) is 2.89. The minimum absolute atomic E-state index is 0.212. The smallest absolute Gasteiger partial charge is 0.328 e. The van der Waals surface area contributed by atoms with E-state index < -0.39 is 5.97 Å². The maximum atomic E-state index is 10.5. The molecule has 0 heterocycles. The fraction of sp³-hybridized carbons (Fsp3) is 0.400. The van der Waals surface area contributed by atoms with Crippen molar-refractivity contribution in [2.45, 2.75) is 25.9 Å². The van der Waals surface area contributed by atoms with Crippen molar-refractivity contribution in [1.82, 2.24) is 0 Å². The quantitative estimate of drug-likeness (QED) is 0.767. The second-order valence-corrected chi connectivity index (χ2v) is 5.78. The Bertz CT molecular complexity index is 495. The fourth-order valence-corrected chi connectivity index (χ4v) is 1.93. The molecule has 0 bridgehead atoms. The van der Waals surface area contributed by atoms with Crippen LogP contribution in [-0.2, 0) is 9.53 Å². The van der Waals surface area contributed by atoms with Gasteiger partial charge in [0.2, 0.25) is 0 Å². The Hall–Kier alpha value is -1.33. The number of benzene rings is 1. The van der Waals surface area contributed by atoms with Gasteiger partial charge in [-0.05, 0) is 53.5 Å². The van der Waals surface area contributed by atoms with Gasteiger partial charge in [0.05, 0.1) is 16.7 Å². The second kappa shape index (κ2) is 7.45. The van der Waals surface area contributed by atoms with Crippen LogP contribution in [0, 0.1) is 0 Å². The number of hydrogen-bond donors (Lipinski definition) is 1. The first-order valence-corrected chi connectivity index (χ1v) is 7.02. The van der Waals surface area contributed by atoms with Crippen molar-refractivity contribution in [2.24, 2.45) is 0 Å². The molecule has 5 heteroatoms. The van der Waals surface area contributed by atoms with Crippen LogP contribution in [0.1, 0.15) is 25.8 Å². The molecular weight excluding hydrogens is 324 g/mol. The lowest BCUT2D eigenvalue weighted by atomic mass is 10.1. The molecule has 0 spiro atoms. The van der Waals surface area contributed by atoms with E-state index in [0.29, 0.717) is 6.61 Å². The first-order valence-electron chi connectivity index (χ1n) is 6.22. The summed E-state index contributed by atoms with van der Waals surface area (Å²) in [6.45, 7) is 4.56. The molecule has 0 saturated carbocycles. The Balaban J connectivity index is 2.62. The number of halogens is 1. The molecule has 0 fully saturated rings. The summed E-state index contributed by atoms with van der Waals surface area (Å²) in [4.78, 5) is 10.5. The fourth-order valence-electron chi connectivity index (χ4n) is 1.41. The first-order chi connectivity index (χ1) is 9.34. The monoisotopic (exact) mass is 342 g/mol. The van der Waals surface area contributed by atoms with Gasteiger partial charge in [0.25, 0.3) is 0 Å². The van der Waals surface area contributed by atoms with Crippen LogP contribution < -0.4 is 4.74 Å². The molecular formula is C15H19BrO4. The van der Waals surface area contributed by atoms with E-state index in [9.17, 15) is 4.79 Å². The number of carbonyl (C=O) groups is 1. The average Bonchev–Trinajstić information content (AvgIpc) is 2.38. The van der Waals surface area contributed by atoms with E-state index in [1.807, 2.05) is 26.0 Å². The standard InChI is InChI=1S/C15H19BrO4/c1-15(2,19-3)8-9-20-13-6-4-11(10-12(13)16)5-7-14(17)18/h4-7,10H,8-9H2,1-3H3,(H,17,18)/b7-5+. The highest BCUT2D eigenvalue weighted by Gasteiger charge is 2.16. The SMILES string of the molecule is COC(C)(C)CCOc1ccc(/C=C/C(=O)O)cc1Br. The van der Waals surface area contributed by atoms with Crippen LogP contribution in [-0.4, -0.2) is 30.4 Å². The summed E-state index contributed by atoms with van der Waals surface area (Å²) in [7, 11) is 1.68. The van der Waals surface area contributed by atoms with Crippen LogP contribution in [0.15, 0.2) is 28.7 Å². The van der Waals surface area contributed by atoms with Crippen molar-refractivity contribution in [2.75, 3.05) is 13.7 Å². The number of ether oxygens (including phenoxy) is 2. The highest BCUT2D eigenvalue weighted by atomic mass is 79.9. The van der Waals surface area contributed by atoms with Gasteiger partial charge in [0.1, 0.15) is 5.75 Å². The molecule has 0 atom stereocenters. The van der Waals surface area contributed by atoms with Gasteiger partial charge in [-0.25, -0.2) is 4.79 Å². The minimum atomic E-state index is -0.969. The molecule has 4 nitrogen and oxygen atoms in total. The molecule has 0 aliphatic heterocycles. The van der Waals surface area contributed by atoms with Crippen LogP contribution in [0.25, 0.3) is 6.08 Å². The van der Waals surface area contributed by atoms with Gasteiger partial charge < -0.3 is 14.6 Å². The molecule has 0 radical (unpaired) electrons.